The molecule has 1 aromatic rings. The Morgan fingerprint density at radius 3 is 2.58 bits per heavy atom. The minimum Gasteiger partial charge on any atom is -0.336 e. The molecule has 0 radical (unpaired) electrons. The largest absolute Gasteiger partial charge is 0.336 e. The molecule has 0 saturated carbocycles. The SMILES string of the molecule is N#Cc1cc(F)c(C(=O)N2CCCC(N3CCNC3=O)C2)c(F)c1. The van der Waals surface area contributed by atoms with Crippen LogP contribution in [-0.2, 0) is 0 Å². The fraction of sp³-hybridized carbons (Fsp3) is 0.438. The third-order valence-corrected chi connectivity index (χ3v) is 4.40. The van der Waals surface area contributed by atoms with Crippen molar-refractivity contribution in [1.29, 1.82) is 5.26 Å². The first kappa shape index (κ1) is 16.2. The summed E-state index contributed by atoms with van der Waals surface area (Å²) in [5.74, 6) is -2.84. The molecule has 0 aromatic heterocycles. The minimum atomic E-state index is -1.04. The lowest BCUT2D eigenvalue weighted by Crippen LogP contribution is -2.51. The van der Waals surface area contributed by atoms with E-state index < -0.39 is 23.1 Å². The van der Waals surface area contributed by atoms with Crippen LogP contribution in [0.15, 0.2) is 12.1 Å². The lowest BCUT2D eigenvalue weighted by atomic mass is 10.0. The number of carbonyl (C=O) groups is 2. The highest BCUT2D eigenvalue weighted by Crippen LogP contribution is 2.22. The van der Waals surface area contributed by atoms with E-state index in [1.165, 1.54) is 4.90 Å². The first-order chi connectivity index (χ1) is 11.5. The molecule has 1 unspecified atom stereocenters. The Balaban J connectivity index is 1.80. The van der Waals surface area contributed by atoms with E-state index in [-0.39, 0.29) is 24.2 Å². The topological polar surface area (TPSA) is 76.4 Å². The van der Waals surface area contributed by atoms with E-state index in [2.05, 4.69) is 5.32 Å². The highest BCUT2D eigenvalue weighted by atomic mass is 19.1. The normalized spacial score (nSPS) is 20.7. The monoisotopic (exact) mass is 334 g/mol. The molecule has 1 N–H and O–H groups in total. The Kier molecular flexibility index (Phi) is 4.34. The molecule has 2 saturated heterocycles. The van der Waals surface area contributed by atoms with Crippen molar-refractivity contribution in [3.8, 4) is 6.07 Å². The highest BCUT2D eigenvalue weighted by molar-refractivity contribution is 5.95. The maximum atomic E-state index is 14.1. The molecule has 2 aliphatic heterocycles. The summed E-state index contributed by atoms with van der Waals surface area (Å²) in [5.41, 5.74) is -0.827. The number of halogens is 2. The van der Waals surface area contributed by atoms with E-state index in [9.17, 15) is 18.4 Å². The number of urea groups is 1. The average molecular weight is 334 g/mol. The summed E-state index contributed by atoms with van der Waals surface area (Å²) in [4.78, 5) is 27.3. The Hall–Kier alpha value is -2.69. The van der Waals surface area contributed by atoms with Crippen LogP contribution in [0, 0.1) is 23.0 Å². The van der Waals surface area contributed by atoms with E-state index in [1.54, 1.807) is 11.0 Å². The van der Waals surface area contributed by atoms with E-state index in [0.717, 1.165) is 18.6 Å². The number of benzene rings is 1. The molecule has 8 heteroatoms. The van der Waals surface area contributed by atoms with Gasteiger partial charge in [-0.3, -0.25) is 4.79 Å². The van der Waals surface area contributed by atoms with Crippen molar-refractivity contribution in [2.24, 2.45) is 0 Å². The van der Waals surface area contributed by atoms with Crippen LogP contribution < -0.4 is 5.32 Å². The van der Waals surface area contributed by atoms with Crippen molar-refractivity contribution >= 4 is 11.9 Å². The van der Waals surface area contributed by atoms with Crippen molar-refractivity contribution < 1.29 is 18.4 Å². The zero-order chi connectivity index (χ0) is 17.3. The number of hydrogen-bond donors (Lipinski definition) is 1. The van der Waals surface area contributed by atoms with Crippen LogP contribution in [0.3, 0.4) is 0 Å². The van der Waals surface area contributed by atoms with Crippen LogP contribution in [0.5, 0.6) is 0 Å². The Bertz CT molecular complexity index is 708. The fourth-order valence-electron chi connectivity index (χ4n) is 3.23. The number of carbonyl (C=O) groups excluding carboxylic acids is 2. The van der Waals surface area contributed by atoms with Crippen molar-refractivity contribution in [3.63, 3.8) is 0 Å². The number of rotatable bonds is 2. The minimum absolute atomic E-state index is 0.158. The molecule has 6 nitrogen and oxygen atoms in total. The first-order valence-corrected chi connectivity index (χ1v) is 7.74. The third kappa shape index (κ3) is 2.89. The van der Waals surface area contributed by atoms with Gasteiger partial charge in [0.15, 0.2) is 0 Å². The Morgan fingerprint density at radius 1 is 1.29 bits per heavy atom. The van der Waals surface area contributed by atoms with Crippen molar-refractivity contribution in [2.75, 3.05) is 26.2 Å². The van der Waals surface area contributed by atoms with Gasteiger partial charge in [-0.15, -0.1) is 0 Å². The van der Waals surface area contributed by atoms with Gasteiger partial charge in [-0.1, -0.05) is 0 Å². The van der Waals surface area contributed by atoms with Crippen LogP contribution in [0.1, 0.15) is 28.8 Å². The molecule has 0 spiro atoms. The van der Waals surface area contributed by atoms with Gasteiger partial charge in [0.1, 0.15) is 17.2 Å². The lowest BCUT2D eigenvalue weighted by Gasteiger charge is -2.37. The van der Waals surface area contributed by atoms with Crippen LogP contribution in [0.25, 0.3) is 0 Å². The highest BCUT2D eigenvalue weighted by Gasteiger charge is 2.34. The summed E-state index contributed by atoms with van der Waals surface area (Å²) >= 11 is 0. The number of hydrogen-bond acceptors (Lipinski definition) is 3. The van der Waals surface area contributed by atoms with Gasteiger partial charge in [0.2, 0.25) is 0 Å². The van der Waals surface area contributed by atoms with E-state index in [4.69, 9.17) is 5.26 Å². The molecule has 2 heterocycles. The average Bonchev–Trinajstić information content (AvgIpc) is 3.00. The number of piperidine rings is 1. The molecule has 2 fully saturated rings. The summed E-state index contributed by atoms with van der Waals surface area (Å²) in [6.07, 6.45) is 1.40. The molecule has 2 aliphatic rings. The van der Waals surface area contributed by atoms with Crippen LogP contribution in [0.2, 0.25) is 0 Å². The first-order valence-electron chi connectivity index (χ1n) is 7.74. The molecule has 1 aromatic carbocycles. The second kappa shape index (κ2) is 6.43. The maximum absolute atomic E-state index is 14.1. The summed E-state index contributed by atoms with van der Waals surface area (Å²) in [7, 11) is 0. The second-order valence-corrected chi connectivity index (χ2v) is 5.90. The Labute approximate surface area is 137 Å². The van der Waals surface area contributed by atoms with Crippen LogP contribution in [0.4, 0.5) is 13.6 Å². The van der Waals surface area contributed by atoms with Gasteiger partial charge in [-0.2, -0.15) is 5.26 Å². The van der Waals surface area contributed by atoms with E-state index in [1.807, 2.05) is 0 Å². The molecule has 3 rings (SSSR count). The number of nitriles is 1. The zero-order valence-electron chi connectivity index (χ0n) is 12.9. The summed E-state index contributed by atoms with van der Waals surface area (Å²) in [5, 5.41) is 11.4. The van der Waals surface area contributed by atoms with Crippen LogP contribution in [-0.4, -0.2) is 54.0 Å². The Morgan fingerprint density at radius 2 is 2.00 bits per heavy atom. The molecule has 0 aliphatic carbocycles. The zero-order valence-corrected chi connectivity index (χ0v) is 12.9. The molecular formula is C16H16F2N4O2. The van der Waals surface area contributed by atoms with Gasteiger partial charge < -0.3 is 15.1 Å². The number of amides is 3. The van der Waals surface area contributed by atoms with Crippen molar-refractivity contribution in [1.82, 2.24) is 15.1 Å². The molecule has 126 valence electrons. The fourth-order valence-corrected chi connectivity index (χ4v) is 3.23. The van der Waals surface area contributed by atoms with Gasteiger partial charge in [0.25, 0.3) is 5.91 Å². The molecule has 24 heavy (non-hydrogen) atoms. The smallest absolute Gasteiger partial charge is 0.317 e. The number of likely N-dealkylation sites (tertiary alicyclic amines) is 1. The molecule has 3 amide bonds. The van der Waals surface area contributed by atoms with Gasteiger partial charge in [-0.05, 0) is 25.0 Å². The van der Waals surface area contributed by atoms with Gasteiger partial charge in [0, 0.05) is 26.2 Å². The summed E-state index contributed by atoms with van der Waals surface area (Å²) in [6.45, 7) is 1.74. The van der Waals surface area contributed by atoms with Crippen molar-refractivity contribution in [2.45, 2.75) is 18.9 Å². The molecular weight excluding hydrogens is 318 g/mol. The summed E-state index contributed by atoms with van der Waals surface area (Å²) < 4.78 is 28.1. The molecule has 1 atom stereocenters. The summed E-state index contributed by atoms with van der Waals surface area (Å²) in [6, 6.07) is 3.02. The number of nitrogens with zero attached hydrogens (tertiary/aromatic N) is 3. The van der Waals surface area contributed by atoms with E-state index >= 15 is 0 Å². The van der Waals surface area contributed by atoms with E-state index in [0.29, 0.717) is 26.1 Å². The predicted octanol–water partition coefficient (Wildman–Crippen LogP) is 1.47. The quantitative estimate of drug-likeness (QED) is 0.890. The standard InChI is InChI=1S/C16H16F2N4O2/c17-12-6-10(8-19)7-13(18)14(12)15(23)21-4-1-2-11(9-21)22-5-3-20-16(22)24/h6-7,11H,1-5,9H2,(H,20,24). The predicted molar refractivity (Wildman–Crippen MR) is 80.1 cm³/mol. The van der Waals surface area contributed by atoms with Gasteiger partial charge in [0.05, 0.1) is 17.7 Å². The number of nitrogens with one attached hydrogen (secondary N) is 1. The lowest BCUT2D eigenvalue weighted by molar-refractivity contribution is 0.0625. The third-order valence-electron chi connectivity index (χ3n) is 4.40. The molecule has 0 bridgehead atoms. The van der Waals surface area contributed by atoms with Crippen molar-refractivity contribution in [3.05, 3.63) is 34.9 Å². The second-order valence-electron chi connectivity index (χ2n) is 5.90. The van der Waals surface area contributed by atoms with Crippen LogP contribution >= 0.6 is 0 Å². The maximum Gasteiger partial charge on any atom is 0.317 e. The van der Waals surface area contributed by atoms with Gasteiger partial charge in [-0.25, -0.2) is 13.6 Å². The van der Waals surface area contributed by atoms with Gasteiger partial charge >= 0.3 is 6.03 Å².